The number of nitrogens with two attached hydrogens (primary N) is 9. The predicted octanol–water partition coefficient (Wildman–Crippen LogP) is -9.58. The minimum absolute atomic E-state index is 0.0141. The Balaban J connectivity index is 3.65. The number of aliphatic carboxylic acids is 3. The summed E-state index contributed by atoms with van der Waals surface area (Å²) in [5, 5.41) is 85.5. The zero-order chi connectivity index (χ0) is 80.9. The average molecular weight is 1520 g/mol. The van der Waals surface area contributed by atoms with Crippen LogP contribution in [0.15, 0.2) is 34.3 Å². The number of aromatic hydroxyl groups is 1. The van der Waals surface area contributed by atoms with Crippen LogP contribution in [0.3, 0.4) is 0 Å². The Morgan fingerprint density at radius 3 is 1.01 bits per heavy atom. The third kappa shape index (κ3) is 38.8. The highest BCUT2D eigenvalue weighted by Gasteiger charge is 2.38. The molecule has 12 amide bonds. The highest BCUT2D eigenvalue weighted by molar-refractivity contribution is 6.00. The molecule has 35 N–H and O–H groups in total. The Labute approximate surface area is 617 Å². The summed E-state index contributed by atoms with van der Waals surface area (Å²) in [5.74, 6) is -19.1. The number of unbranched alkanes of at least 4 members (excludes halogenated alkanes) is 3. The van der Waals surface area contributed by atoms with Crippen molar-refractivity contribution in [1.82, 2.24) is 58.5 Å². The van der Waals surface area contributed by atoms with Gasteiger partial charge >= 0.3 is 17.9 Å². The molecule has 0 saturated carbocycles. The Morgan fingerprint density at radius 1 is 0.383 bits per heavy atom. The summed E-state index contributed by atoms with van der Waals surface area (Å²) in [7, 11) is 0. The molecule has 43 heteroatoms. The van der Waals surface area contributed by atoms with Crippen LogP contribution in [0.2, 0.25) is 0 Å². The summed E-state index contributed by atoms with van der Waals surface area (Å²) >= 11 is 0. The molecule has 602 valence electrons. The average Bonchev–Trinajstić information content (AvgIpc) is 0.868. The Bertz CT molecular complexity index is 3160. The molecular weight excluding hydrogens is 1410 g/mol. The molecule has 0 saturated heterocycles. The maximum absolute atomic E-state index is 14.4. The lowest BCUT2D eigenvalue weighted by Gasteiger charge is -2.29. The molecule has 0 unspecified atom stereocenters. The molecule has 0 aromatic heterocycles. The van der Waals surface area contributed by atoms with Gasteiger partial charge in [-0.15, -0.1) is 0 Å². The van der Waals surface area contributed by atoms with Gasteiger partial charge in [-0.3, -0.25) is 77.1 Å². The molecule has 12 atom stereocenters. The summed E-state index contributed by atoms with van der Waals surface area (Å²) in [6.07, 6.45) is -2.84. The maximum Gasteiger partial charge on any atom is 0.326 e. The Kier molecular flexibility index (Phi) is 45.5. The molecule has 0 aliphatic heterocycles. The molecule has 0 radical (unpaired) electrons. The quantitative estimate of drug-likeness (QED) is 0.0164. The van der Waals surface area contributed by atoms with E-state index >= 15 is 0 Å². The van der Waals surface area contributed by atoms with Crippen molar-refractivity contribution in [3.8, 4) is 5.75 Å². The summed E-state index contributed by atoms with van der Waals surface area (Å²) in [5.41, 5.74) is 51.2. The Morgan fingerprint density at radius 2 is 0.692 bits per heavy atom. The van der Waals surface area contributed by atoms with Crippen molar-refractivity contribution < 1.29 is 103 Å². The van der Waals surface area contributed by atoms with Crippen LogP contribution in [-0.4, -0.2) is 250 Å². The van der Waals surface area contributed by atoms with Crippen LogP contribution in [0.1, 0.15) is 135 Å². The van der Waals surface area contributed by atoms with Gasteiger partial charge in [0.25, 0.3) is 0 Å². The number of carboxylic acids is 3. The third-order valence-corrected chi connectivity index (χ3v) is 16.1. The molecule has 0 aliphatic rings. The molecule has 1 aromatic carbocycles. The number of phenols is 1. The summed E-state index contributed by atoms with van der Waals surface area (Å²) in [6, 6.07) is -13.9. The summed E-state index contributed by atoms with van der Waals surface area (Å²) in [6.45, 7) is 0.775. The van der Waals surface area contributed by atoms with E-state index in [1.54, 1.807) is 0 Å². The number of carbonyl (C=O) groups excluding carboxylic acids is 12. The van der Waals surface area contributed by atoms with Crippen molar-refractivity contribution in [3.05, 3.63) is 29.8 Å². The lowest BCUT2D eigenvalue weighted by molar-refractivity contribution is -0.147. The van der Waals surface area contributed by atoms with E-state index < -0.39 is 213 Å². The summed E-state index contributed by atoms with van der Waals surface area (Å²) in [4.78, 5) is 209. The molecule has 1 aromatic rings. The van der Waals surface area contributed by atoms with E-state index in [9.17, 15) is 103 Å². The standard InChI is InChI=1S/C64H110N22O21/c1-33(2)50(61(105)82-42(20-22-47(69)90)57(101)77-39(13-5-8-26-67)54(98)83-44(62(106)107)30-49(93)94)86-60(104)46(32-88)85-56(100)40(14-9-27-74-63(70)71)78-53(97)38(12-4-7-25-66)80-59(103)45(31-87)84-55(99)41(15-10-28-75-64(72)73)79-58(102)43(21-23-48(91)92)81-52(96)37(11-3-6-24-65)76-51(95)36(68)29-34-16-18-35(89)19-17-34/h16-19,33,36-46,50,87-89H,3-15,20-32,65-68H2,1-2H3,(H2,69,90)(H,76,95)(H,77,101)(H,78,97)(H,79,102)(H,80,103)(H,81,96)(H,82,105)(H,83,98)(H,84,99)(H,85,100)(H,86,104)(H,91,92)(H,93,94)(H,106,107)(H4,70,71,74)(H4,72,73,75)/t36-,37+,38+,39+,40+,41+,42+,43+,44+,45+,46+,50+/m1/s1. The predicted molar refractivity (Wildman–Crippen MR) is 384 cm³/mol. The van der Waals surface area contributed by atoms with Crippen LogP contribution < -0.4 is 110 Å². The Hall–Kier alpha value is -10.6. The van der Waals surface area contributed by atoms with Crippen LogP contribution in [0.5, 0.6) is 5.75 Å². The zero-order valence-electron chi connectivity index (χ0n) is 60.1. The van der Waals surface area contributed by atoms with Crippen LogP contribution in [0.25, 0.3) is 0 Å². The molecule has 0 fully saturated rings. The number of hydrogen-bond acceptors (Lipinski definition) is 24. The largest absolute Gasteiger partial charge is 0.508 e. The van der Waals surface area contributed by atoms with Gasteiger partial charge < -0.3 is 141 Å². The second-order valence-corrected chi connectivity index (χ2v) is 25.3. The molecule has 0 heterocycles. The number of aliphatic imine (C=N–C) groups is 2. The van der Waals surface area contributed by atoms with Gasteiger partial charge in [-0.25, -0.2) is 4.79 Å². The molecule has 0 bridgehead atoms. The minimum atomic E-state index is -1.92. The van der Waals surface area contributed by atoms with Crippen LogP contribution in [0, 0.1) is 5.92 Å². The van der Waals surface area contributed by atoms with Crippen LogP contribution >= 0.6 is 0 Å². The van der Waals surface area contributed by atoms with E-state index in [0.717, 1.165) is 0 Å². The van der Waals surface area contributed by atoms with E-state index in [-0.39, 0.29) is 121 Å². The van der Waals surface area contributed by atoms with Gasteiger partial charge in [-0.2, -0.15) is 0 Å². The number of nitrogens with zero attached hydrogens (tertiary/aromatic N) is 2. The minimum Gasteiger partial charge on any atom is -0.508 e. The lowest BCUT2D eigenvalue weighted by Crippen LogP contribution is -2.62. The first-order valence-electron chi connectivity index (χ1n) is 34.8. The van der Waals surface area contributed by atoms with Gasteiger partial charge in [-0.1, -0.05) is 26.0 Å². The second kappa shape index (κ2) is 51.5. The van der Waals surface area contributed by atoms with E-state index in [2.05, 4.69) is 68.5 Å². The highest BCUT2D eigenvalue weighted by atomic mass is 16.4. The van der Waals surface area contributed by atoms with E-state index in [0.29, 0.717) is 24.8 Å². The van der Waals surface area contributed by atoms with Crippen molar-refractivity contribution in [1.29, 1.82) is 0 Å². The lowest BCUT2D eigenvalue weighted by atomic mass is 10.0. The van der Waals surface area contributed by atoms with Crippen LogP contribution in [0.4, 0.5) is 0 Å². The van der Waals surface area contributed by atoms with Gasteiger partial charge in [-0.05, 0) is 146 Å². The maximum atomic E-state index is 14.4. The molecule has 0 spiro atoms. The zero-order valence-corrected chi connectivity index (χ0v) is 60.1. The number of guanidine groups is 2. The number of primary amides is 1. The topological polar surface area (TPSA) is 769 Å². The normalized spacial score (nSPS) is 14.4. The molecule has 107 heavy (non-hydrogen) atoms. The molecule has 0 aliphatic carbocycles. The first kappa shape index (κ1) is 94.4. The van der Waals surface area contributed by atoms with E-state index in [1.807, 2.05) is 0 Å². The van der Waals surface area contributed by atoms with Gasteiger partial charge in [0.1, 0.15) is 72.2 Å². The smallest absolute Gasteiger partial charge is 0.326 e. The number of nitrogens with one attached hydrogen (secondary N) is 11. The SMILES string of the molecule is CC(C)[C@H](NC(=O)[C@H](CO)NC(=O)[C@H](CCCN=C(N)N)NC(=O)[C@H](CCCCN)NC(=O)[C@H](CO)NC(=O)[C@H](CCCN=C(N)N)NC(=O)[C@H](CCC(=O)O)NC(=O)[C@H](CCCCN)NC(=O)[C@H](N)Cc1ccc(O)cc1)C(=O)N[C@@H](CCC(N)=O)C(=O)N[C@@H](CCCCN)C(=O)N[C@@H](CC(=O)O)C(=O)O. The first-order chi connectivity index (χ1) is 50.5. The number of aliphatic hydroxyl groups is 2. The fourth-order valence-corrected chi connectivity index (χ4v) is 10.2. The molecular formula is C64H110N22O21. The van der Waals surface area contributed by atoms with Gasteiger partial charge in [0.05, 0.1) is 25.7 Å². The summed E-state index contributed by atoms with van der Waals surface area (Å²) < 4.78 is 0. The van der Waals surface area contributed by atoms with Crippen molar-refractivity contribution in [3.63, 3.8) is 0 Å². The van der Waals surface area contributed by atoms with Crippen molar-refractivity contribution in [2.75, 3.05) is 45.9 Å². The number of amides is 12. The monoisotopic (exact) mass is 1520 g/mol. The number of hydrogen-bond donors (Lipinski definition) is 26. The van der Waals surface area contributed by atoms with Crippen molar-refractivity contribution in [2.24, 2.45) is 67.5 Å². The third-order valence-electron chi connectivity index (χ3n) is 16.1. The van der Waals surface area contributed by atoms with Gasteiger partial charge in [0.2, 0.25) is 70.9 Å². The van der Waals surface area contributed by atoms with Gasteiger partial charge in [0, 0.05) is 25.9 Å². The first-order valence-corrected chi connectivity index (χ1v) is 34.8. The fraction of sp³-hybridized carbons (Fsp3) is 0.641. The second-order valence-electron chi connectivity index (χ2n) is 25.3. The van der Waals surface area contributed by atoms with Crippen LogP contribution in [-0.2, 0) is 78.3 Å². The number of carbonyl (C=O) groups is 15. The van der Waals surface area contributed by atoms with Crippen molar-refractivity contribution >= 4 is 101 Å². The van der Waals surface area contributed by atoms with E-state index in [1.165, 1.54) is 38.1 Å². The number of rotatable bonds is 56. The van der Waals surface area contributed by atoms with Gasteiger partial charge in [0.15, 0.2) is 11.9 Å². The number of benzene rings is 1. The molecule has 1 rings (SSSR count). The number of carboxylic acid groups (broad SMARTS) is 3. The number of phenolic OH excluding ortho intramolecular Hbond substituents is 1. The highest BCUT2D eigenvalue weighted by Crippen LogP contribution is 2.15. The molecule has 43 nitrogen and oxygen atoms in total. The number of aliphatic hydroxyl groups excluding tert-OH is 2. The van der Waals surface area contributed by atoms with Crippen molar-refractivity contribution in [2.45, 2.75) is 208 Å². The fourth-order valence-electron chi connectivity index (χ4n) is 10.2. The van der Waals surface area contributed by atoms with E-state index in [4.69, 9.17) is 51.6 Å².